The molecule has 2 aromatic carbocycles. The Labute approximate surface area is 373 Å². The third-order valence-electron chi connectivity index (χ3n) is 13.2. The SMILES string of the molecule is Cc1cc(S(=O)(=O)N[C@@H](C)COC2CCC(CN3CC(c4ccc5c(c4F)n(C)c(=O)n5C4CCC(=O)NC4=O)C3)CC2)ccc1Nc1ncc(C(F)(F)F)c(N2CCC[C@](C)(O)C2)n1. The number of rotatable bonds is 13. The maximum Gasteiger partial charge on any atom is 0.421 e. The van der Waals surface area contributed by atoms with Crippen LogP contribution in [0.25, 0.3) is 11.0 Å². The highest BCUT2D eigenvalue weighted by Gasteiger charge is 2.40. The number of aromatic nitrogens is 4. The van der Waals surface area contributed by atoms with Gasteiger partial charge in [0.1, 0.15) is 22.9 Å². The molecule has 4 fully saturated rings. The predicted octanol–water partition coefficient (Wildman–Crippen LogP) is 5.01. The molecule has 2 amide bonds. The van der Waals surface area contributed by atoms with Crippen LogP contribution in [0.5, 0.6) is 0 Å². The van der Waals surface area contributed by atoms with E-state index in [2.05, 4.69) is 30.2 Å². The summed E-state index contributed by atoms with van der Waals surface area (Å²) in [7, 11) is -2.47. The van der Waals surface area contributed by atoms with E-state index in [1.165, 1.54) is 39.3 Å². The summed E-state index contributed by atoms with van der Waals surface area (Å²) >= 11 is 0. The third-order valence-corrected chi connectivity index (χ3v) is 14.8. The Balaban J connectivity index is 0.794. The first-order valence-corrected chi connectivity index (χ1v) is 23.5. The topological polar surface area (TPSA) is 193 Å². The molecular weight excluding hydrogens is 875 g/mol. The van der Waals surface area contributed by atoms with Crippen molar-refractivity contribution in [3.05, 3.63) is 69.5 Å². The highest BCUT2D eigenvalue weighted by molar-refractivity contribution is 7.89. The molecule has 4 aromatic rings. The third kappa shape index (κ3) is 9.94. The van der Waals surface area contributed by atoms with Crippen molar-refractivity contribution in [2.24, 2.45) is 13.0 Å². The molecule has 3 saturated heterocycles. The van der Waals surface area contributed by atoms with Crippen LogP contribution in [0.1, 0.15) is 93.9 Å². The molecule has 1 aliphatic carbocycles. The predicted molar refractivity (Wildman–Crippen MR) is 233 cm³/mol. The number of carbonyl (C=O) groups is 2. The summed E-state index contributed by atoms with van der Waals surface area (Å²) in [6, 6.07) is 6.31. The number of piperidine rings is 2. The van der Waals surface area contributed by atoms with Gasteiger partial charge in [0.15, 0.2) is 5.82 Å². The number of hydrogen-bond donors (Lipinski definition) is 4. The number of halogens is 4. The normalized spacial score (nSPS) is 24.3. The van der Waals surface area contributed by atoms with Crippen LogP contribution in [0.2, 0.25) is 0 Å². The van der Waals surface area contributed by atoms with E-state index in [4.69, 9.17) is 4.74 Å². The van der Waals surface area contributed by atoms with Crippen molar-refractivity contribution in [1.82, 2.24) is 34.0 Å². The summed E-state index contributed by atoms with van der Waals surface area (Å²) in [6.45, 7) is 7.60. The highest BCUT2D eigenvalue weighted by atomic mass is 32.2. The molecule has 3 aliphatic heterocycles. The Hall–Kier alpha value is -4.96. The van der Waals surface area contributed by atoms with Crippen LogP contribution in [-0.4, -0.2) is 106 Å². The summed E-state index contributed by atoms with van der Waals surface area (Å²) in [5.74, 6) is -1.49. The van der Waals surface area contributed by atoms with Crippen molar-refractivity contribution >= 4 is 50.3 Å². The van der Waals surface area contributed by atoms with Gasteiger partial charge in [0.25, 0.3) is 0 Å². The molecule has 0 spiro atoms. The standard InChI is InChI=1S/C44H55F4N9O7S/c1-25-18-30(10-12-33(25)50-41-49-19-32(44(46,47)48)39(52-41)56-17-5-16-43(3,61)24-56)65(62,63)53-26(2)23-64-29-8-6-27(7-9-29)20-55-21-28(22-55)31-11-13-34-38(37(31)45)54(4)42(60)57(34)35-14-15-36(58)51-40(35)59/h10-13,18-19,26-29,35,53,61H,5-9,14-17,20-24H2,1-4H3,(H,49,50,52)(H,51,58,59)/t26-,27?,29?,35?,43-/m0/s1. The van der Waals surface area contributed by atoms with Crippen LogP contribution in [-0.2, 0) is 37.6 Å². The molecule has 2 aromatic heterocycles. The summed E-state index contributed by atoms with van der Waals surface area (Å²) in [5.41, 5.74) is -0.800. The lowest BCUT2D eigenvalue weighted by molar-refractivity contribution is -0.138. The second kappa shape index (κ2) is 18.0. The lowest BCUT2D eigenvalue weighted by Gasteiger charge is -2.42. The molecule has 3 atom stereocenters. The Bertz CT molecular complexity index is 2640. The second-order valence-electron chi connectivity index (χ2n) is 18.5. The number of imidazole rings is 1. The number of aryl methyl sites for hydroxylation is 2. The summed E-state index contributed by atoms with van der Waals surface area (Å²) in [6.07, 6.45) is 0.689. The number of benzene rings is 2. The first-order valence-electron chi connectivity index (χ1n) is 22.1. The number of β-amino-alcohol motifs (C(OH)–C–C–N with tert-alkyl or cyclic N) is 1. The fourth-order valence-electron chi connectivity index (χ4n) is 9.74. The van der Waals surface area contributed by atoms with Gasteiger partial charge in [0.05, 0.1) is 28.7 Å². The smallest absolute Gasteiger partial charge is 0.388 e. The van der Waals surface area contributed by atoms with Gasteiger partial charge < -0.3 is 25.0 Å². The van der Waals surface area contributed by atoms with E-state index in [0.717, 1.165) is 32.2 Å². The zero-order chi connectivity index (χ0) is 46.6. The van der Waals surface area contributed by atoms with E-state index >= 15 is 4.39 Å². The van der Waals surface area contributed by atoms with Gasteiger partial charge in [0.2, 0.25) is 27.8 Å². The quantitative estimate of drug-likeness (QED) is 0.104. The van der Waals surface area contributed by atoms with E-state index < -0.39 is 62.8 Å². The molecule has 352 valence electrons. The molecule has 16 nitrogen and oxygen atoms in total. The van der Waals surface area contributed by atoms with Gasteiger partial charge in [-0.05, 0) is 107 Å². The van der Waals surface area contributed by atoms with Crippen molar-refractivity contribution in [2.75, 3.05) is 49.5 Å². The van der Waals surface area contributed by atoms with Crippen LogP contribution in [0.4, 0.5) is 35.0 Å². The molecule has 1 unspecified atom stereocenters. The lowest BCUT2D eigenvalue weighted by Crippen LogP contribution is -2.48. The number of alkyl halides is 3. The fraction of sp³-hybridized carbons (Fsp3) is 0.568. The Kier molecular flexibility index (Phi) is 12.9. The fourth-order valence-corrected chi connectivity index (χ4v) is 11.0. The Morgan fingerprint density at radius 2 is 1.82 bits per heavy atom. The highest BCUT2D eigenvalue weighted by Crippen LogP contribution is 2.39. The minimum atomic E-state index is -4.71. The second-order valence-corrected chi connectivity index (χ2v) is 20.2. The van der Waals surface area contributed by atoms with Gasteiger partial charge >= 0.3 is 11.9 Å². The van der Waals surface area contributed by atoms with E-state index in [-0.39, 0.29) is 66.7 Å². The molecule has 0 radical (unpaired) electrons. The molecule has 5 heterocycles. The molecule has 1 saturated carbocycles. The van der Waals surface area contributed by atoms with Crippen LogP contribution in [0.3, 0.4) is 0 Å². The van der Waals surface area contributed by atoms with Crippen LogP contribution in [0.15, 0.2) is 46.2 Å². The number of sulfonamides is 1. The van der Waals surface area contributed by atoms with Gasteiger partial charge in [-0.2, -0.15) is 18.2 Å². The minimum absolute atomic E-state index is 0.00323. The number of imide groups is 1. The van der Waals surface area contributed by atoms with Crippen molar-refractivity contribution in [2.45, 2.75) is 113 Å². The van der Waals surface area contributed by atoms with Gasteiger partial charge in [-0.25, -0.2) is 27.3 Å². The number of anilines is 3. The van der Waals surface area contributed by atoms with Gasteiger partial charge in [-0.1, -0.05) is 6.07 Å². The van der Waals surface area contributed by atoms with Crippen molar-refractivity contribution < 1.29 is 45.4 Å². The average molecular weight is 930 g/mol. The molecule has 4 aliphatic rings. The van der Waals surface area contributed by atoms with Crippen LogP contribution < -0.4 is 25.9 Å². The number of carbonyl (C=O) groups excluding carboxylic acids is 2. The number of amides is 2. The molecule has 4 N–H and O–H groups in total. The van der Waals surface area contributed by atoms with E-state index in [0.29, 0.717) is 60.4 Å². The molecule has 0 bridgehead atoms. The minimum Gasteiger partial charge on any atom is -0.388 e. The first-order chi connectivity index (χ1) is 30.7. The van der Waals surface area contributed by atoms with Crippen LogP contribution in [0, 0.1) is 18.7 Å². The van der Waals surface area contributed by atoms with Gasteiger partial charge in [0, 0.05) is 70.0 Å². The Morgan fingerprint density at radius 1 is 1.08 bits per heavy atom. The Morgan fingerprint density at radius 3 is 2.49 bits per heavy atom. The number of nitrogens with one attached hydrogen (secondary N) is 3. The van der Waals surface area contributed by atoms with Crippen molar-refractivity contribution in [1.29, 1.82) is 0 Å². The van der Waals surface area contributed by atoms with Gasteiger partial charge in [-0.15, -0.1) is 0 Å². The summed E-state index contributed by atoms with van der Waals surface area (Å²) in [4.78, 5) is 49.2. The first kappa shape index (κ1) is 46.6. The number of nitrogens with zero attached hydrogens (tertiary/aromatic N) is 6. The molecular formula is C44H55F4N9O7S. The molecule has 21 heteroatoms. The number of fused-ring (bicyclic) bond motifs is 1. The number of ether oxygens (including phenoxy) is 1. The molecule has 65 heavy (non-hydrogen) atoms. The zero-order valence-corrected chi connectivity index (χ0v) is 37.6. The largest absolute Gasteiger partial charge is 0.421 e. The van der Waals surface area contributed by atoms with E-state index in [1.54, 1.807) is 32.9 Å². The number of hydrogen-bond acceptors (Lipinski definition) is 12. The summed E-state index contributed by atoms with van der Waals surface area (Å²) < 4.78 is 96.0. The maximum absolute atomic E-state index is 16.0. The molecule has 8 rings (SSSR count). The zero-order valence-electron chi connectivity index (χ0n) is 36.8. The monoisotopic (exact) mass is 929 g/mol. The number of likely N-dealkylation sites (tertiary alicyclic amines) is 1. The van der Waals surface area contributed by atoms with E-state index in [9.17, 15) is 41.1 Å². The van der Waals surface area contributed by atoms with Crippen molar-refractivity contribution in [3.63, 3.8) is 0 Å². The average Bonchev–Trinajstić information content (AvgIpc) is 3.47. The van der Waals surface area contributed by atoms with E-state index in [1.807, 2.05) is 0 Å². The van der Waals surface area contributed by atoms with Gasteiger partial charge in [-0.3, -0.25) is 24.0 Å². The van der Waals surface area contributed by atoms with Crippen LogP contribution >= 0.6 is 0 Å². The lowest BCUT2D eigenvalue weighted by atomic mass is 9.84. The van der Waals surface area contributed by atoms with Crippen molar-refractivity contribution in [3.8, 4) is 0 Å². The summed E-state index contributed by atoms with van der Waals surface area (Å²) in [5, 5.41) is 15.7. The maximum atomic E-state index is 16.0. The number of aliphatic hydroxyl groups is 1.